The Morgan fingerprint density at radius 2 is 1.82 bits per heavy atom. The smallest absolute Gasteiger partial charge is 0.222 e. The van der Waals surface area contributed by atoms with E-state index in [4.69, 9.17) is 5.73 Å². The first-order valence-electron chi connectivity index (χ1n) is 7.88. The van der Waals surface area contributed by atoms with Crippen LogP contribution < -0.4 is 5.73 Å². The van der Waals surface area contributed by atoms with E-state index in [9.17, 15) is 4.79 Å². The van der Waals surface area contributed by atoms with Crippen molar-refractivity contribution in [1.29, 1.82) is 0 Å². The second-order valence-electron chi connectivity index (χ2n) is 6.47. The number of amides is 1. The molecule has 1 amide bonds. The zero-order valence-electron chi connectivity index (χ0n) is 14.5. The molecule has 126 valence electrons. The maximum absolute atomic E-state index is 12.3. The predicted molar refractivity (Wildman–Crippen MR) is 96.5 cm³/mol. The summed E-state index contributed by atoms with van der Waals surface area (Å²) in [5.74, 6) is 0.904. The highest BCUT2D eigenvalue weighted by Gasteiger charge is 2.17. The SMILES string of the molecule is Cc1ccccc1C(C)CC(=O)N(C)CCC(N)C(C)C.Cl. The Hall–Kier alpha value is -1.06. The van der Waals surface area contributed by atoms with Gasteiger partial charge in [-0.25, -0.2) is 0 Å². The lowest BCUT2D eigenvalue weighted by Crippen LogP contribution is -2.35. The van der Waals surface area contributed by atoms with Gasteiger partial charge in [0.05, 0.1) is 0 Å². The van der Waals surface area contributed by atoms with Gasteiger partial charge >= 0.3 is 0 Å². The number of carbonyl (C=O) groups excluding carboxylic acids is 1. The summed E-state index contributed by atoms with van der Waals surface area (Å²) in [5, 5.41) is 0. The lowest BCUT2D eigenvalue weighted by Gasteiger charge is -2.23. The van der Waals surface area contributed by atoms with Crippen LogP contribution >= 0.6 is 12.4 Å². The molecule has 0 aliphatic heterocycles. The molecule has 0 radical (unpaired) electrons. The zero-order valence-corrected chi connectivity index (χ0v) is 15.3. The van der Waals surface area contributed by atoms with Crippen molar-refractivity contribution >= 4 is 18.3 Å². The van der Waals surface area contributed by atoms with Crippen LogP contribution in [-0.4, -0.2) is 30.4 Å². The first-order valence-corrected chi connectivity index (χ1v) is 7.88. The van der Waals surface area contributed by atoms with Crippen molar-refractivity contribution < 1.29 is 4.79 Å². The Morgan fingerprint density at radius 1 is 1.23 bits per heavy atom. The summed E-state index contributed by atoms with van der Waals surface area (Å²) in [6.45, 7) is 9.19. The van der Waals surface area contributed by atoms with Gasteiger partial charge < -0.3 is 10.6 Å². The number of nitrogens with zero attached hydrogens (tertiary/aromatic N) is 1. The molecule has 2 unspecified atom stereocenters. The van der Waals surface area contributed by atoms with Crippen LogP contribution in [0.3, 0.4) is 0 Å². The molecular formula is C18H31ClN2O. The van der Waals surface area contributed by atoms with Gasteiger partial charge in [0, 0.05) is 26.1 Å². The van der Waals surface area contributed by atoms with Crippen molar-refractivity contribution in [2.45, 2.75) is 52.5 Å². The van der Waals surface area contributed by atoms with Gasteiger partial charge in [0.25, 0.3) is 0 Å². The molecule has 3 nitrogen and oxygen atoms in total. The second-order valence-corrected chi connectivity index (χ2v) is 6.47. The van der Waals surface area contributed by atoms with Crippen LogP contribution in [0.4, 0.5) is 0 Å². The number of hydrogen-bond acceptors (Lipinski definition) is 2. The number of benzene rings is 1. The van der Waals surface area contributed by atoms with E-state index in [1.54, 1.807) is 0 Å². The van der Waals surface area contributed by atoms with E-state index in [2.05, 4.69) is 39.8 Å². The minimum absolute atomic E-state index is 0. The Balaban J connectivity index is 0.00000441. The third kappa shape index (κ3) is 6.37. The monoisotopic (exact) mass is 326 g/mol. The van der Waals surface area contributed by atoms with Crippen LogP contribution in [0, 0.1) is 12.8 Å². The van der Waals surface area contributed by atoms with E-state index in [1.807, 2.05) is 24.1 Å². The van der Waals surface area contributed by atoms with Gasteiger partial charge in [-0.15, -0.1) is 12.4 Å². The molecule has 0 saturated carbocycles. The van der Waals surface area contributed by atoms with Crippen LogP contribution in [0.2, 0.25) is 0 Å². The molecule has 4 heteroatoms. The van der Waals surface area contributed by atoms with Gasteiger partial charge in [-0.3, -0.25) is 4.79 Å². The van der Waals surface area contributed by atoms with E-state index < -0.39 is 0 Å². The molecule has 0 heterocycles. The van der Waals surface area contributed by atoms with E-state index in [1.165, 1.54) is 11.1 Å². The van der Waals surface area contributed by atoms with Crippen LogP contribution in [-0.2, 0) is 4.79 Å². The molecule has 0 fully saturated rings. The predicted octanol–water partition coefficient (Wildman–Crippen LogP) is 3.74. The second kappa shape index (κ2) is 9.86. The fourth-order valence-electron chi connectivity index (χ4n) is 2.47. The molecule has 22 heavy (non-hydrogen) atoms. The highest BCUT2D eigenvalue weighted by atomic mass is 35.5. The molecule has 1 aromatic rings. The number of rotatable bonds is 7. The van der Waals surface area contributed by atoms with Crippen LogP contribution in [0.1, 0.15) is 50.7 Å². The average molecular weight is 327 g/mol. The lowest BCUT2D eigenvalue weighted by atomic mass is 9.93. The minimum Gasteiger partial charge on any atom is -0.346 e. The molecule has 1 rings (SSSR count). The molecule has 2 atom stereocenters. The van der Waals surface area contributed by atoms with Crippen LogP contribution in [0.5, 0.6) is 0 Å². The van der Waals surface area contributed by atoms with E-state index in [0.29, 0.717) is 12.3 Å². The van der Waals surface area contributed by atoms with Gasteiger partial charge in [-0.2, -0.15) is 0 Å². The standard InChI is InChI=1S/C18H30N2O.ClH/c1-13(2)17(19)10-11-20(5)18(21)12-15(4)16-9-7-6-8-14(16)3;/h6-9,13,15,17H,10-12,19H2,1-5H3;1H. The summed E-state index contributed by atoms with van der Waals surface area (Å²) in [7, 11) is 1.87. The third-order valence-corrected chi connectivity index (χ3v) is 4.28. The van der Waals surface area contributed by atoms with Crippen molar-refractivity contribution in [3.63, 3.8) is 0 Å². The molecule has 2 N–H and O–H groups in total. The summed E-state index contributed by atoms with van der Waals surface area (Å²) in [6.07, 6.45) is 1.41. The van der Waals surface area contributed by atoms with Crippen molar-refractivity contribution in [2.75, 3.05) is 13.6 Å². The van der Waals surface area contributed by atoms with Crippen molar-refractivity contribution in [2.24, 2.45) is 11.7 Å². The Kier molecular flexibility index (Phi) is 9.38. The Bertz CT molecular complexity index is 462. The summed E-state index contributed by atoms with van der Waals surface area (Å²) in [5.41, 5.74) is 8.55. The highest BCUT2D eigenvalue weighted by Crippen LogP contribution is 2.23. The van der Waals surface area contributed by atoms with Crippen LogP contribution in [0.15, 0.2) is 24.3 Å². The summed E-state index contributed by atoms with van der Waals surface area (Å²) in [4.78, 5) is 14.1. The van der Waals surface area contributed by atoms with Crippen LogP contribution in [0.25, 0.3) is 0 Å². The van der Waals surface area contributed by atoms with E-state index >= 15 is 0 Å². The maximum atomic E-state index is 12.3. The van der Waals surface area contributed by atoms with Gasteiger partial charge in [0.1, 0.15) is 0 Å². The quantitative estimate of drug-likeness (QED) is 0.829. The maximum Gasteiger partial charge on any atom is 0.222 e. The zero-order chi connectivity index (χ0) is 16.0. The lowest BCUT2D eigenvalue weighted by molar-refractivity contribution is -0.130. The summed E-state index contributed by atoms with van der Waals surface area (Å²) in [6, 6.07) is 8.44. The first kappa shape index (κ1) is 20.9. The Labute approximate surface area is 141 Å². The fraction of sp³-hybridized carbons (Fsp3) is 0.611. The molecular weight excluding hydrogens is 296 g/mol. The van der Waals surface area contributed by atoms with Gasteiger partial charge in [-0.1, -0.05) is 45.0 Å². The summed E-state index contributed by atoms with van der Waals surface area (Å²) >= 11 is 0. The van der Waals surface area contributed by atoms with Gasteiger partial charge in [-0.05, 0) is 36.3 Å². The normalized spacial score (nSPS) is 13.4. The molecule has 0 aromatic heterocycles. The van der Waals surface area contributed by atoms with E-state index in [-0.39, 0.29) is 30.3 Å². The Morgan fingerprint density at radius 3 is 2.36 bits per heavy atom. The highest BCUT2D eigenvalue weighted by molar-refractivity contribution is 5.85. The number of aryl methyl sites for hydroxylation is 1. The molecule has 1 aromatic carbocycles. The molecule has 0 aliphatic carbocycles. The largest absolute Gasteiger partial charge is 0.346 e. The number of nitrogens with two attached hydrogens (primary N) is 1. The number of halogens is 1. The van der Waals surface area contributed by atoms with Gasteiger partial charge in [0.2, 0.25) is 5.91 Å². The summed E-state index contributed by atoms with van der Waals surface area (Å²) < 4.78 is 0. The van der Waals surface area contributed by atoms with Crippen molar-refractivity contribution in [1.82, 2.24) is 4.90 Å². The third-order valence-electron chi connectivity index (χ3n) is 4.28. The van der Waals surface area contributed by atoms with Crippen molar-refractivity contribution in [3.05, 3.63) is 35.4 Å². The fourth-order valence-corrected chi connectivity index (χ4v) is 2.47. The van der Waals surface area contributed by atoms with E-state index in [0.717, 1.165) is 13.0 Å². The first-order chi connectivity index (χ1) is 9.82. The minimum atomic E-state index is 0. The number of carbonyl (C=O) groups is 1. The topological polar surface area (TPSA) is 46.3 Å². The number of hydrogen-bond donors (Lipinski definition) is 1. The molecule has 0 aliphatic rings. The van der Waals surface area contributed by atoms with Crippen molar-refractivity contribution in [3.8, 4) is 0 Å². The average Bonchev–Trinajstić information content (AvgIpc) is 2.44. The molecule has 0 bridgehead atoms. The molecule has 0 saturated heterocycles. The van der Waals surface area contributed by atoms with Gasteiger partial charge in [0.15, 0.2) is 0 Å². The molecule has 0 spiro atoms.